The molecular weight excluding hydrogens is 397 g/mol. The Morgan fingerprint density at radius 1 is 1.19 bits per heavy atom. The van der Waals surface area contributed by atoms with Crippen LogP contribution in [0.15, 0.2) is 48.8 Å². The Balaban J connectivity index is 1.25. The SMILES string of the molecule is O=C(CC[C@@H]1CNC(=O)[C@@H]2C[C@H](NCc3ccc(F)cc3)CN12)NCc1cccnc1. The van der Waals surface area contributed by atoms with Crippen LogP contribution in [0.3, 0.4) is 0 Å². The minimum atomic E-state index is -0.245. The average Bonchev–Trinajstić information content (AvgIpc) is 3.23. The molecule has 0 bridgehead atoms. The Bertz CT molecular complexity index is 893. The highest BCUT2D eigenvalue weighted by molar-refractivity contribution is 5.83. The maximum Gasteiger partial charge on any atom is 0.237 e. The fourth-order valence-electron chi connectivity index (χ4n) is 4.35. The lowest BCUT2D eigenvalue weighted by molar-refractivity contribution is -0.129. The van der Waals surface area contributed by atoms with Crippen LogP contribution >= 0.6 is 0 Å². The van der Waals surface area contributed by atoms with Crippen LogP contribution < -0.4 is 16.0 Å². The predicted molar refractivity (Wildman–Crippen MR) is 114 cm³/mol. The van der Waals surface area contributed by atoms with Crippen molar-refractivity contribution in [1.82, 2.24) is 25.8 Å². The van der Waals surface area contributed by atoms with Gasteiger partial charge >= 0.3 is 0 Å². The Labute approximate surface area is 181 Å². The number of hydrogen-bond acceptors (Lipinski definition) is 5. The highest BCUT2D eigenvalue weighted by Crippen LogP contribution is 2.26. The topological polar surface area (TPSA) is 86.4 Å². The Morgan fingerprint density at radius 3 is 2.81 bits per heavy atom. The molecule has 2 amide bonds. The van der Waals surface area contributed by atoms with Crippen molar-refractivity contribution < 1.29 is 14.0 Å². The van der Waals surface area contributed by atoms with Crippen molar-refractivity contribution in [2.45, 2.75) is 50.5 Å². The molecule has 1 aromatic carbocycles. The first-order chi connectivity index (χ1) is 15.1. The van der Waals surface area contributed by atoms with Gasteiger partial charge in [0.2, 0.25) is 11.8 Å². The monoisotopic (exact) mass is 425 g/mol. The third-order valence-corrected chi connectivity index (χ3v) is 6.05. The molecule has 7 nitrogen and oxygen atoms in total. The van der Waals surface area contributed by atoms with Crippen molar-refractivity contribution in [3.05, 3.63) is 65.7 Å². The molecule has 1 aromatic heterocycles. The number of carbonyl (C=O) groups is 2. The highest BCUT2D eigenvalue weighted by atomic mass is 19.1. The minimum absolute atomic E-state index is 0.00230. The van der Waals surface area contributed by atoms with Gasteiger partial charge in [0.05, 0.1) is 6.04 Å². The van der Waals surface area contributed by atoms with Gasteiger partial charge in [-0.15, -0.1) is 0 Å². The minimum Gasteiger partial charge on any atom is -0.353 e. The van der Waals surface area contributed by atoms with E-state index < -0.39 is 0 Å². The quantitative estimate of drug-likeness (QED) is 0.595. The molecule has 0 aliphatic carbocycles. The molecule has 2 saturated heterocycles. The lowest BCUT2D eigenvalue weighted by atomic mass is 10.0. The van der Waals surface area contributed by atoms with Gasteiger partial charge in [-0.1, -0.05) is 18.2 Å². The van der Waals surface area contributed by atoms with E-state index >= 15 is 0 Å². The standard InChI is InChI=1S/C23H28FN5O2/c24-18-5-3-16(4-6-18)12-26-19-10-21-23(31)28-14-20(29(21)15-19)7-8-22(30)27-13-17-2-1-9-25-11-17/h1-6,9,11,19-21,26H,7-8,10,12-15H2,(H,27,30)(H,28,31)/t19-,20+,21-/m0/s1. The molecule has 2 aliphatic heterocycles. The van der Waals surface area contributed by atoms with Crippen molar-refractivity contribution in [3.63, 3.8) is 0 Å². The number of pyridine rings is 1. The zero-order valence-corrected chi connectivity index (χ0v) is 17.4. The Kier molecular flexibility index (Phi) is 6.89. The second kappa shape index (κ2) is 9.98. The van der Waals surface area contributed by atoms with Gasteiger partial charge in [0.25, 0.3) is 0 Å². The Morgan fingerprint density at radius 2 is 2.03 bits per heavy atom. The fourth-order valence-corrected chi connectivity index (χ4v) is 4.35. The van der Waals surface area contributed by atoms with E-state index in [0.29, 0.717) is 32.5 Å². The van der Waals surface area contributed by atoms with Crippen LogP contribution in [-0.2, 0) is 22.7 Å². The van der Waals surface area contributed by atoms with Crippen LogP contribution in [0.2, 0.25) is 0 Å². The van der Waals surface area contributed by atoms with E-state index in [4.69, 9.17) is 0 Å². The molecule has 0 radical (unpaired) electrons. The predicted octanol–water partition coefficient (Wildman–Crippen LogP) is 1.35. The van der Waals surface area contributed by atoms with Crippen LogP contribution in [0.4, 0.5) is 4.39 Å². The summed E-state index contributed by atoms with van der Waals surface area (Å²) in [6.07, 6.45) is 5.29. The molecule has 2 aliphatic rings. The average molecular weight is 426 g/mol. The summed E-state index contributed by atoms with van der Waals surface area (Å²) in [6.45, 7) is 2.43. The lowest BCUT2D eigenvalue weighted by Gasteiger charge is -2.37. The zero-order valence-electron chi connectivity index (χ0n) is 17.4. The van der Waals surface area contributed by atoms with Gasteiger partial charge in [0.1, 0.15) is 5.82 Å². The van der Waals surface area contributed by atoms with Gasteiger partial charge < -0.3 is 16.0 Å². The summed E-state index contributed by atoms with van der Waals surface area (Å²) < 4.78 is 13.1. The van der Waals surface area contributed by atoms with Gasteiger partial charge in [-0.05, 0) is 42.2 Å². The molecule has 8 heteroatoms. The largest absolute Gasteiger partial charge is 0.353 e. The summed E-state index contributed by atoms with van der Waals surface area (Å²) in [7, 11) is 0. The third kappa shape index (κ3) is 5.65. The zero-order chi connectivity index (χ0) is 21.6. The normalized spacial score (nSPS) is 23.3. The Hall–Kier alpha value is -2.84. The van der Waals surface area contributed by atoms with Gasteiger partial charge in [0.15, 0.2) is 0 Å². The number of nitrogens with one attached hydrogen (secondary N) is 3. The number of hydrogen-bond donors (Lipinski definition) is 3. The molecule has 4 rings (SSSR count). The second-order valence-corrected chi connectivity index (χ2v) is 8.23. The van der Waals surface area contributed by atoms with E-state index in [1.165, 1.54) is 12.1 Å². The molecule has 3 heterocycles. The summed E-state index contributed by atoms with van der Waals surface area (Å²) in [4.78, 5) is 30.9. The maximum absolute atomic E-state index is 13.1. The van der Waals surface area contributed by atoms with Crippen molar-refractivity contribution in [2.75, 3.05) is 13.1 Å². The van der Waals surface area contributed by atoms with E-state index in [0.717, 1.165) is 24.1 Å². The molecule has 2 fully saturated rings. The molecule has 31 heavy (non-hydrogen) atoms. The summed E-state index contributed by atoms with van der Waals surface area (Å²) in [5, 5.41) is 9.42. The van der Waals surface area contributed by atoms with Crippen LogP contribution in [0.25, 0.3) is 0 Å². The number of amides is 2. The number of piperazine rings is 1. The maximum atomic E-state index is 13.1. The summed E-state index contributed by atoms with van der Waals surface area (Å²) in [5.41, 5.74) is 1.98. The van der Waals surface area contributed by atoms with Crippen molar-refractivity contribution in [3.8, 4) is 0 Å². The van der Waals surface area contributed by atoms with Crippen LogP contribution in [0.1, 0.15) is 30.4 Å². The first-order valence-corrected chi connectivity index (χ1v) is 10.8. The van der Waals surface area contributed by atoms with Crippen molar-refractivity contribution in [1.29, 1.82) is 0 Å². The molecule has 164 valence electrons. The number of aromatic nitrogens is 1. The van der Waals surface area contributed by atoms with E-state index in [2.05, 4.69) is 25.8 Å². The number of carbonyl (C=O) groups excluding carboxylic acids is 2. The van der Waals surface area contributed by atoms with Crippen molar-refractivity contribution >= 4 is 11.8 Å². The molecule has 0 spiro atoms. The molecule has 3 N–H and O–H groups in total. The van der Waals surface area contributed by atoms with Crippen LogP contribution in [0.5, 0.6) is 0 Å². The number of nitrogens with zero attached hydrogens (tertiary/aromatic N) is 2. The number of fused-ring (bicyclic) bond motifs is 1. The first-order valence-electron chi connectivity index (χ1n) is 10.8. The van der Waals surface area contributed by atoms with E-state index in [1.807, 2.05) is 12.1 Å². The van der Waals surface area contributed by atoms with Gasteiger partial charge in [-0.3, -0.25) is 19.5 Å². The molecule has 3 atom stereocenters. The number of benzene rings is 1. The fraction of sp³-hybridized carbons (Fsp3) is 0.435. The van der Waals surface area contributed by atoms with Crippen molar-refractivity contribution in [2.24, 2.45) is 0 Å². The number of rotatable bonds is 8. The molecule has 0 saturated carbocycles. The summed E-state index contributed by atoms with van der Waals surface area (Å²) in [6, 6.07) is 10.4. The highest BCUT2D eigenvalue weighted by Gasteiger charge is 2.43. The molecule has 0 unspecified atom stereocenters. The van der Waals surface area contributed by atoms with Crippen LogP contribution in [-0.4, -0.2) is 52.9 Å². The lowest BCUT2D eigenvalue weighted by Crippen LogP contribution is -2.58. The summed E-state index contributed by atoms with van der Waals surface area (Å²) in [5.74, 6) is -0.184. The van der Waals surface area contributed by atoms with E-state index in [1.54, 1.807) is 24.5 Å². The summed E-state index contributed by atoms with van der Waals surface area (Å²) >= 11 is 0. The van der Waals surface area contributed by atoms with Gasteiger partial charge in [0, 0.05) is 57.1 Å². The molecule has 2 aromatic rings. The first kappa shape index (κ1) is 21.4. The van der Waals surface area contributed by atoms with E-state index in [-0.39, 0.29) is 35.8 Å². The van der Waals surface area contributed by atoms with Gasteiger partial charge in [-0.25, -0.2) is 4.39 Å². The van der Waals surface area contributed by atoms with E-state index in [9.17, 15) is 14.0 Å². The smallest absolute Gasteiger partial charge is 0.237 e. The number of halogens is 1. The van der Waals surface area contributed by atoms with Gasteiger partial charge in [-0.2, -0.15) is 0 Å². The second-order valence-electron chi connectivity index (χ2n) is 8.23. The molecular formula is C23H28FN5O2. The third-order valence-electron chi connectivity index (χ3n) is 6.05. The van der Waals surface area contributed by atoms with Crippen LogP contribution in [0, 0.1) is 5.82 Å².